The van der Waals surface area contributed by atoms with Crippen LogP contribution in [-0.4, -0.2) is 33.0 Å². The van der Waals surface area contributed by atoms with Gasteiger partial charge >= 0.3 is 0 Å². The van der Waals surface area contributed by atoms with Gasteiger partial charge in [-0.1, -0.05) is 36.0 Å². The molecule has 2 aromatic carbocycles. The van der Waals surface area contributed by atoms with Gasteiger partial charge in [-0.15, -0.1) is 16.8 Å². The normalized spacial score (nSPS) is 12.6. The van der Waals surface area contributed by atoms with E-state index in [-0.39, 0.29) is 24.1 Å². The first-order valence-electron chi connectivity index (χ1n) is 9.58. The average Bonchev–Trinajstić information content (AvgIpc) is 3.36. The zero-order valence-corrected chi connectivity index (χ0v) is 17.1. The number of nitrogens with zero attached hydrogens (tertiary/aromatic N) is 4. The second kappa shape index (κ2) is 9.13. The minimum absolute atomic E-state index is 0.0437. The SMILES string of the molecule is C=CCn1c(COc2ccc(F)cc2)nnc1SCC(=O)N1CCc2ccccc21. The minimum Gasteiger partial charge on any atom is -0.486 e. The quantitative estimate of drug-likeness (QED) is 0.406. The standard InChI is InChI=1S/C22H21FN4O2S/c1-2-12-27-20(14-29-18-9-7-17(23)8-10-18)24-25-22(27)30-15-21(28)26-13-11-16-5-3-4-6-19(16)26/h2-10H,1,11-15H2. The molecule has 0 fully saturated rings. The third kappa shape index (κ3) is 4.38. The molecule has 1 amide bonds. The second-order valence-electron chi connectivity index (χ2n) is 6.75. The van der Waals surface area contributed by atoms with Crippen LogP contribution in [0.5, 0.6) is 5.75 Å². The fraction of sp³-hybridized carbons (Fsp3) is 0.227. The Bertz CT molecular complexity index is 1050. The summed E-state index contributed by atoms with van der Waals surface area (Å²) in [6.07, 6.45) is 2.62. The van der Waals surface area contributed by atoms with E-state index in [1.54, 1.807) is 18.2 Å². The van der Waals surface area contributed by atoms with Crippen LogP contribution < -0.4 is 9.64 Å². The van der Waals surface area contributed by atoms with Gasteiger partial charge in [0.1, 0.15) is 18.2 Å². The van der Waals surface area contributed by atoms with Crippen LogP contribution in [0.4, 0.5) is 10.1 Å². The van der Waals surface area contributed by atoms with Gasteiger partial charge < -0.3 is 9.64 Å². The Morgan fingerprint density at radius 2 is 2.00 bits per heavy atom. The second-order valence-corrected chi connectivity index (χ2v) is 7.70. The van der Waals surface area contributed by atoms with Crippen molar-refractivity contribution in [3.8, 4) is 5.75 Å². The monoisotopic (exact) mass is 424 g/mol. The summed E-state index contributed by atoms with van der Waals surface area (Å²) in [4.78, 5) is 14.6. The van der Waals surface area contributed by atoms with Crippen LogP contribution in [0.2, 0.25) is 0 Å². The van der Waals surface area contributed by atoms with Crippen molar-refractivity contribution in [1.29, 1.82) is 0 Å². The van der Waals surface area contributed by atoms with Gasteiger partial charge in [0.15, 0.2) is 11.0 Å². The highest BCUT2D eigenvalue weighted by molar-refractivity contribution is 7.99. The molecule has 0 saturated heterocycles. The number of ether oxygens (including phenoxy) is 1. The van der Waals surface area contributed by atoms with E-state index in [9.17, 15) is 9.18 Å². The van der Waals surface area contributed by atoms with Crippen molar-refractivity contribution < 1.29 is 13.9 Å². The molecular formula is C22H21FN4O2S. The number of carbonyl (C=O) groups excluding carboxylic acids is 1. The Morgan fingerprint density at radius 3 is 2.80 bits per heavy atom. The lowest BCUT2D eigenvalue weighted by Crippen LogP contribution is -2.30. The lowest BCUT2D eigenvalue weighted by molar-refractivity contribution is -0.116. The van der Waals surface area contributed by atoms with Gasteiger partial charge in [-0.05, 0) is 42.3 Å². The van der Waals surface area contributed by atoms with E-state index in [0.29, 0.717) is 29.8 Å². The maximum atomic E-state index is 13.0. The lowest BCUT2D eigenvalue weighted by Gasteiger charge is -2.17. The first kappa shape index (κ1) is 20.2. The first-order valence-corrected chi connectivity index (χ1v) is 10.6. The number of halogens is 1. The van der Waals surface area contributed by atoms with Crippen molar-refractivity contribution in [3.63, 3.8) is 0 Å². The highest BCUT2D eigenvalue weighted by Gasteiger charge is 2.24. The number of aromatic nitrogens is 3. The summed E-state index contributed by atoms with van der Waals surface area (Å²) in [7, 11) is 0. The van der Waals surface area contributed by atoms with Gasteiger partial charge in [0, 0.05) is 18.8 Å². The van der Waals surface area contributed by atoms with Crippen molar-refractivity contribution in [2.24, 2.45) is 0 Å². The molecule has 0 spiro atoms. The smallest absolute Gasteiger partial charge is 0.237 e. The molecule has 0 radical (unpaired) electrons. The van der Waals surface area contributed by atoms with E-state index < -0.39 is 0 Å². The topological polar surface area (TPSA) is 60.2 Å². The van der Waals surface area contributed by atoms with E-state index in [1.165, 1.54) is 29.5 Å². The van der Waals surface area contributed by atoms with E-state index in [0.717, 1.165) is 12.1 Å². The summed E-state index contributed by atoms with van der Waals surface area (Å²) < 4.78 is 20.6. The molecule has 30 heavy (non-hydrogen) atoms. The van der Waals surface area contributed by atoms with Crippen molar-refractivity contribution in [3.05, 3.63) is 78.4 Å². The predicted molar refractivity (Wildman–Crippen MR) is 114 cm³/mol. The fourth-order valence-electron chi connectivity index (χ4n) is 3.33. The molecule has 0 aliphatic carbocycles. The maximum absolute atomic E-state index is 13.0. The molecule has 0 saturated carbocycles. The minimum atomic E-state index is -0.318. The van der Waals surface area contributed by atoms with Crippen molar-refractivity contribution in [2.45, 2.75) is 24.7 Å². The summed E-state index contributed by atoms with van der Waals surface area (Å²) in [5.41, 5.74) is 2.19. The van der Waals surface area contributed by atoms with Crippen LogP contribution in [0.15, 0.2) is 66.3 Å². The number of fused-ring (bicyclic) bond motifs is 1. The molecule has 3 aromatic rings. The van der Waals surface area contributed by atoms with Gasteiger partial charge in [0.2, 0.25) is 5.91 Å². The molecule has 0 unspecified atom stereocenters. The number of amides is 1. The van der Waals surface area contributed by atoms with Gasteiger partial charge in [-0.25, -0.2) is 4.39 Å². The number of para-hydroxylation sites is 1. The van der Waals surface area contributed by atoms with Crippen molar-refractivity contribution >= 4 is 23.4 Å². The lowest BCUT2D eigenvalue weighted by atomic mass is 10.2. The van der Waals surface area contributed by atoms with Crippen molar-refractivity contribution in [1.82, 2.24) is 14.8 Å². The largest absolute Gasteiger partial charge is 0.486 e. The Hall–Kier alpha value is -3.13. The number of carbonyl (C=O) groups is 1. The summed E-state index contributed by atoms with van der Waals surface area (Å²) in [6.45, 7) is 5.17. The molecule has 6 nitrogen and oxygen atoms in total. The highest BCUT2D eigenvalue weighted by atomic mass is 32.2. The van der Waals surface area contributed by atoms with E-state index in [1.807, 2.05) is 27.7 Å². The third-order valence-electron chi connectivity index (χ3n) is 4.80. The van der Waals surface area contributed by atoms with Crippen LogP contribution in [0.25, 0.3) is 0 Å². The van der Waals surface area contributed by atoms with Crippen LogP contribution in [0.3, 0.4) is 0 Å². The molecule has 0 N–H and O–H groups in total. The molecule has 154 valence electrons. The molecule has 0 atom stereocenters. The maximum Gasteiger partial charge on any atom is 0.237 e. The van der Waals surface area contributed by atoms with Crippen LogP contribution in [0.1, 0.15) is 11.4 Å². The van der Waals surface area contributed by atoms with E-state index >= 15 is 0 Å². The third-order valence-corrected chi connectivity index (χ3v) is 5.75. The predicted octanol–water partition coefficient (Wildman–Crippen LogP) is 3.86. The van der Waals surface area contributed by atoms with E-state index in [2.05, 4.69) is 22.8 Å². The van der Waals surface area contributed by atoms with E-state index in [4.69, 9.17) is 4.74 Å². The Kier molecular flexibility index (Phi) is 6.13. The Balaban J connectivity index is 1.41. The summed E-state index contributed by atoms with van der Waals surface area (Å²) in [5, 5.41) is 9.05. The molecule has 2 heterocycles. The Morgan fingerprint density at radius 1 is 1.20 bits per heavy atom. The molecule has 8 heteroatoms. The summed E-state index contributed by atoms with van der Waals surface area (Å²) in [6, 6.07) is 13.8. The fourth-order valence-corrected chi connectivity index (χ4v) is 4.17. The number of hydrogen-bond donors (Lipinski definition) is 0. The molecule has 1 aromatic heterocycles. The average molecular weight is 425 g/mol. The number of anilines is 1. The molecule has 1 aliphatic rings. The van der Waals surface area contributed by atoms with Gasteiger partial charge in [-0.2, -0.15) is 0 Å². The zero-order chi connectivity index (χ0) is 20.9. The van der Waals surface area contributed by atoms with Gasteiger partial charge in [0.25, 0.3) is 0 Å². The summed E-state index contributed by atoms with van der Waals surface area (Å²) in [5.74, 6) is 1.15. The van der Waals surface area contributed by atoms with Crippen molar-refractivity contribution in [2.75, 3.05) is 17.2 Å². The highest BCUT2D eigenvalue weighted by Crippen LogP contribution is 2.29. The molecule has 0 bridgehead atoms. The summed E-state index contributed by atoms with van der Waals surface area (Å²) >= 11 is 1.35. The van der Waals surface area contributed by atoms with Gasteiger partial charge in [-0.3, -0.25) is 9.36 Å². The molecular weight excluding hydrogens is 403 g/mol. The number of hydrogen-bond acceptors (Lipinski definition) is 5. The van der Waals surface area contributed by atoms with Gasteiger partial charge in [0.05, 0.1) is 5.75 Å². The van der Waals surface area contributed by atoms with Crippen LogP contribution in [-0.2, 0) is 24.4 Å². The first-order chi connectivity index (χ1) is 14.7. The number of allylic oxidation sites excluding steroid dienone is 1. The number of thioether (sulfide) groups is 1. The zero-order valence-electron chi connectivity index (χ0n) is 16.3. The van der Waals surface area contributed by atoms with Crippen LogP contribution in [0, 0.1) is 5.82 Å². The Labute approximate surface area is 178 Å². The van der Waals surface area contributed by atoms with Crippen LogP contribution >= 0.6 is 11.8 Å². The number of rotatable bonds is 8. The molecule has 1 aliphatic heterocycles. The molecule has 4 rings (SSSR count). The number of benzene rings is 2.